The van der Waals surface area contributed by atoms with Crippen molar-refractivity contribution in [2.24, 2.45) is 13.0 Å². The molecule has 2 rings (SSSR count). The Bertz CT molecular complexity index is 392. The molecule has 0 bridgehead atoms. The summed E-state index contributed by atoms with van der Waals surface area (Å²) >= 11 is 0. The largest absolute Gasteiger partial charge is 0.390 e. The molecule has 19 heavy (non-hydrogen) atoms. The van der Waals surface area contributed by atoms with Gasteiger partial charge in [0.1, 0.15) is 5.82 Å². The zero-order chi connectivity index (χ0) is 13.9. The molecule has 0 saturated carbocycles. The fourth-order valence-corrected chi connectivity index (χ4v) is 2.90. The third kappa shape index (κ3) is 4.05. The van der Waals surface area contributed by atoms with Crippen LogP contribution in [-0.2, 0) is 13.5 Å². The van der Waals surface area contributed by atoms with E-state index in [-0.39, 0.29) is 0 Å². The van der Waals surface area contributed by atoms with Crippen LogP contribution in [0.3, 0.4) is 0 Å². The fraction of sp³-hybridized carbons (Fsp3) is 0.800. The maximum atomic E-state index is 10.6. The molecule has 0 aromatic carbocycles. The summed E-state index contributed by atoms with van der Waals surface area (Å²) in [4.78, 5) is 6.80. The topological polar surface area (TPSA) is 41.3 Å². The van der Waals surface area contributed by atoms with E-state index in [1.54, 1.807) is 0 Å². The highest BCUT2D eigenvalue weighted by Crippen LogP contribution is 2.27. The summed E-state index contributed by atoms with van der Waals surface area (Å²) in [5.74, 6) is 1.77. The second kappa shape index (κ2) is 6.06. The van der Waals surface area contributed by atoms with Crippen LogP contribution >= 0.6 is 0 Å². The van der Waals surface area contributed by atoms with Crippen LogP contribution < -0.4 is 0 Å². The van der Waals surface area contributed by atoms with Gasteiger partial charge in [-0.25, -0.2) is 4.98 Å². The third-order valence-corrected chi connectivity index (χ3v) is 4.15. The van der Waals surface area contributed by atoms with E-state index in [0.29, 0.717) is 5.92 Å². The molecule has 108 valence electrons. The summed E-state index contributed by atoms with van der Waals surface area (Å²) < 4.78 is 2.04. The summed E-state index contributed by atoms with van der Waals surface area (Å²) in [5, 5.41) is 10.6. The quantitative estimate of drug-likeness (QED) is 0.883. The molecule has 1 fully saturated rings. The molecule has 0 radical (unpaired) electrons. The zero-order valence-corrected chi connectivity index (χ0v) is 12.5. The first-order valence-electron chi connectivity index (χ1n) is 7.39. The van der Waals surface area contributed by atoms with E-state index < -0.39 is 5.60 Å². The first-order chi connectivity index (χ1) is 8.98. The van der Waals surface area contributed by atoms with Crippen molar-refractivity contribution in [3.63, 3.8) is 0 Å². The van der Waals surface area contributed by atoms with Crippen molar-refractivity contribution in [2.75, 3.05) is 19.6 Å². The lowest BCUT2D eigenvalue weighted by atomic mass is 9.86. The molecule has 0 unspecified atom stereocenters. The van der Waals surface area contributed by atoms with Gasteiger partial charge in [-0.15, -0.1) is 0 Å². The van der Waals surface area contributed by atoms with E-state index >= 15 is 0 Å². The molecule has 1 aromatic heterocycles. The number of likely N-dealkylation sites (tertiary alicyclic amines) is 1. The van der Waals surface area contributed by atoms with E-state index in [4.69, 9.17) is 0 Å². The summed E-state index contributed by atoms with van der Waals surface area (Å²) in [7, 11) is 2.01. The predicted octanol–water partition coefficient (Wildman–Crippen LogP) is 1.84. The maximum absolute atomic E-state index is 10.6. The molecule has 1 aliphatic rings. The minimum Gasteiger partial charge on any atom is -0.390 e. The first kappa shape index (κ1) is 14.5. The van der Waals surface area contributed by atoms with Crippen LogP contribution in [0.4, 0.5) is 0 Å². The molecule has 1 saturated heterocycles. The molecule has 1 aromatic rings. The zero-order valence-electron chi connectivity index (χ0n) is 12.5. The Morgan fingerprint density at radius 3 is 2.58 bits per heavy atom. The molecule has 0 aliphatic carbocycles. The van der Waals surface area contributed by atoms with Crippen LogP contribution in [0, 0.1) is 5.92 Å². The Balaban J connectivity index is 1.80. The van der Waals surface area contributed by atoms with Gasteiger partial charge in [0.05, 0.1) is 5.60 Å². The van der Waals surface area contributed by atoms with Crippen molar-refractivity contribution in [1.29, 1.82) is 0 Å². The molecule has 0 atom stereocenters. The molecule has 4 heteroatoms. The van der Waals surface area contributed by atoms with Crippen LogP contribution in [0.1, 0.15) is 38.9 Å². The average Bonchev–Trinajstić information content (AvgIpc) is 2.75. The van der Waals surface area contributed by atoms with Gasteiger partial charge in [0.25, 0.3) is 0 Å². The number of rotatable bonds is 5. The normalized spacial score (nSPS) is 20.1. The highest BCUT2D eigenvalue weighted by atomic mass is 16.3. The minimum atomic E-state index is -0.487. The monoisotopic (exact) mass is 265 g/mol. The number of hydrogen-bond acceptors (Lipinski definition) is 3. The van der Waals surface area contributed by atoms with Crippen LogP contribution in [0.5, 0.6) is 0 Å². The minimum absolute atomic E-state index is 0.487. The number of aryl methyl sites for hydroxylation is 2. The van der Waals surface area contributed by atoms with Crippen LogP contribution in [0.25, 0.3) is 0 Å². The lowest BCUT2D eigenvalue weighted by molar-refractivity contribution is -0.0296. The summed E-state index contributed by atoms with van der Waals surface area (Å²) in [6.07, 6.45) is 7.26. The number of aliphatic hydroxyl groups is 1. The maximum Gasteiger partial charge on any atom is 0.108 e. The molecule has 0 amide bonds. The van der Waals surface area contributed by atoms with Crippen LogP contribution in [-0.4, -0.2) is 44.8 Å². The van der Waals surface area contributed by atoms with E-state index in [1.165, 1.54) is 0 Å². The number of aromatic nitrogens is 2. The van der Waals surface area contributed by atoms with Crippen molar-refractivity contribution in [3.8, 4) is 0 Å². The van der Waals surface area contributed by atoms with Gasteiger partial charge in [-0.2, -0.15) is 0 Å². The Labute approximate surface area is 116 Å². The molecule has 4 nitrogen and oxygen atoms in total. The number of nitrogens with zero attached hydrogens (tertiary/aromatic N) is 3. The van der Waals surface area contributed by atoms with Crippen molar-refractivity contribution >= 4 is 0 Å². The average molecular weight is 265 g/mol. The lowest BCUT2D eigenvalue weighted by Gasteiger charge is -2.38. The molecule has 1 N–H and O–H groups in total. The Morgan fingerprint density at radius 1 is 1.37 bits per heavy atom. The van der Waals surface area contributed by atoms with Gasteiger partial charge < -0.3 is 14.6 Å². The van der Waals surface area contributed by atoms with E-state index in [1.807, 2.05) is 24.0 Å². The molecule has 1 aliphatic heterocycles. The van der Waals surface area contributed by atoms with Gasteiger partial charge in [-0.3, -0.25) is 0 Å². The number of hydrogen-bond donors (Lipinski definition) is 1. The number of imidazole rings is 1. The molecule has 2 heterocycles. The predicted molar refractivity (Wildman–Crippen MR) is 77.0 cm³/mol. The molecular formula is C15H27N3O. The molecular weight excluding hydrogens is 238 g/mol. The highest BCUT2D eigenvalue weighted by Gasteiger charge is 2.32. The van der Waals surface area contributed by atoms with Crippen LogP contribution in [0.15, 0.2) is 12.4 Å². The fourth-order valence-electron chi connectivity index (χ4n) is 2.90. The van der Waals surface area contributed by atoms with Gasteiger partial charge in [0.15, 0.2) is 0 Å². The summed E-state index contributed by atoms with van der Waals surface area (Å²) in [5.41, 5.74) is -0.487. The standard InChI is InChI=1S/C15H27N3O/c1-13(2)12-18-9-6-15(19,7-10-18)5-4-14-16-8-11-17(14)3/h8,11,13,19H,4-7,9-10,12H2,1-3H3. The van der Waals surface area contributed by atoms with Crippen molar-refractivity contribution < 1.29 is 5.11 Å². The van der Waals surface area contributed by atoms with Crippen molar-refractivity contribution in [1.82, 2.24) is 14.5 Å². The Morgan fingerprint density at radius 2 is 2.05 bits per heavy atom. The van der Waals surface area contributed by atoms with Crippen molar-refractivity contribution in [3.05, 3.63) is 18.2 Å². The van der Waals surface area contributed by atoms with Crippen molar-refractivity contribution in [2.45, 2.75) is 45.1 Å². The second-order valence-corrected chi connectivity index (χ2v) is 6.37. The van der Waals surface area contributed by atoms with E-state index in [0.717, 1.165) is 51.1 Å². The van der Waals surface area contributed by atoms with Gasteiger partial charge >= 0.3 is 0 Å². The lowest BCUT2D eigenvalue weighted by Crippen LogP contribution is -2.45. The highest BCUT2D eigenvalue weighted by molar-refractivity contribution is 4.95. The molecule has 0 spiro atoms. The summed E-state index contributed by atoms with van der Waals surface area (Å²) in [6, 6.07) is 0. The van der Waals surface area contributed by atoms with Gasteiger partial charge in [0.2, 0.25) is 0 Å². The van der Waals surface area contributed by atoms with E-state index in [9.17, 15) is 5.11 Å². The number of piperidine rings is 1. The van der Waals surface area contributed by atoms with Gasteiger partial charge in [-0.05, 0) is 25.2 Å². The SMILES string of the molecule is CC(C)CN1CCC(O)(CCc2nccn2C)CC1. The van der Waals surface area contributed by atoms with Gasteiger partial charge in [0, 0.05) is 45.5 Å². The Kier molecular flexibility index (Phi) is 4.63. The summed E-state index contributed by atoms with van der Waals surface area (Å²) in [6.45, 7) is 7.70. The van der Waals surface area contributed by atoms with Gasteiger partial charge in [-0.1, -0.05) is 13.8 Å². The van der Waals surface area contributed by atoms with Crippen LogP contribution in [0.2, 0.25) is 0 Å². The second-order valence-electron chi connectivity index (χ2n) is 6.37. The Hall–Kier alpha value is -0.870. The smallest absolute Gasteiger partial charge is 0.108 e. The third-order valence-electron chi connectivity index (χ3n) is 4.15. The van der Waals surface area contributed by atoms with E-state index in [2.05, 4.69) is 23.7 Å². The first-order valence-corrected chi connectivity index (χ1v) is 7.39.